The highest BCUT2D eigenvalue weighted by atomic mass is 19.1. The summed E-state index contributed by atoms with van der Waals surface area (Å²) in [7, 11) is 0. The molecule has 0 aliphatic carbocycles. The number of fused-ring (bicyclic) bond motifs is 1. The second-order valence-electron chi connectivity index (χ2n) is 7.04. The second kappa shape index (κ2) is 8.26. The molecule has 2 aromatic carbocycles. The van der Waals surface area contributed by atoms with Gasteiger partial charge >= 0.3 is 5.97 Å². The highest BCUT2D eigenvalue weighted by Crippen LogP contribution is 2.36. The maximum absolute atomic E-state index is 13.1. The summed E-state index contributed by atoms with van der Waals surface area (Å²) in [4.78, 5) is 28.4. The molecule has 0 saturated heterocycles. The molecule has 1 heterocycles. The van der Waals surface area contributed by atoms with Crippen LogP contribution in [-0.2, 0) is 11.2 Å². The Labute approximate surface area is 167 Å². The van der Waals surface area contributed by atoms with Crippen LogP contribution >= 0.6 is 0 Å². The van der Waals surface area contributed by atoms with Crippen molar-refractivity contribution < 1.29 is 23.8 Å². The number of nitrogens with zero attached hydrogens (tertiary/aromatic N) is 1. The van der Waals surface area contributed by atoms with E-state index in [4.69, 9.17) is 4.74 Å². The van der Waals surface area contributed by atoms with Gasteiger partial charge in [-0.25, -0.2) is 4.39 Å². The lowest BCUT2D eigenvalue weighted by Gasteiger charge is -2.14. The van der Waals surface area contributed by atoms with E-state index in [1.165, 1.54) is 25.1 Å². The second-order valence-corrected chi connectivity index (χ2v) is 7.04. The Morgan fingerprint density at radius 1 is 1.17 bits per heavy atom. The van der Waals surface area contributed by atoms with Crippen LogP contribution in [0.4, 0.5) is 4.39 Å². The average molecular weight is 396 g/mol. The molecule has 0 fully saturated rings. The maximum atomic E-state index is 13.1. The fraction of sp³-hybridized carbons (Fsp3) is 0.227. The molecule has 1 amide bonds. The molecule has 29 heavy (non-hydrogen) atoms. The quantitative estimate of drug-likeness (QED) is 0.507. The predicted octanol–water partition coefficient (Wildman–Crippen LogP) is 3.73. The molecular formula is C22H21FN2O4. The highest BCUT2D eigenvalue weighted by Gasteiger charge is 2.20. The molecule has 0 spiro atoms. The van der Waals surface area contributed by atoms with Gasteiger partial charge in [-0.15, -0.1) is 0 Å². The van der Waals surface area contributed by atoms with Crippen molar-refractivity contribution in [1.29, 1.82) is 0 Å². The van der Waals surface area contributed by atoms with Crippen LogP contribution in [0.15, 0.2) is 42.6 Å². The molecule has 0 bridgehead atoms. The van der Waals surface area contributed by atoms with E-state index in [0.29, 0.717) is 11.8 Å². The molecule has 3 rings (SSSR count). The number of aromatic hydroxyl groups is 1. The van der Waals surface area contributed by atoms with Gasteiger partial charge in [-0.3, -0.25) is 14.6 Å². The van der Waals surface area contributed by atoms with Crippen LogP contribution in [0.5, 0.6) is 11.5 Å². The number of phenols is 1. The summed E-state index contributed by atoms with van der Waals surface area (Å²) in [5.74, 6) is -1.76. The molecular weight excluding hydrogens is 375 g/mol. The first kappa shape index (κ1) is 20.3. The number of hydrogen-bond donors (Lipinski definition) is 2. The summed E-state index contributed by atoms with van der Waals surface area (Å²) < 4.78 is 18.2. The number of ether oxygens (including phenoxy) is 1. The van der Waals surface area contributed by atoms with Crippen molar-refractivity contribution in [2.75, 3.05) is 0 Å². The summed E-state index contributed by atoms with van der Waals surface area (Å²) in [5, 5.41) is 13.7. The van der Waals surface area contributed by atoms with Gasteiger partial charge in [-0.2, -0.15) is 0 Å². The SMILES string of the molecule is CC(=O)Oc1cc(C(=O)NC(C)C)c2cc(Cc3ccc(F)cc3)cnc2c1O. The topological polar surface area (TPSA) is 88.5 Å². The van der Waals surface area contributed by atoms with Gasteiger partial charge in [0.25, 0.3) is 5.91 Å². The molecule has 3 aromatic rings. The lowest BCUT2D eigenvalue weighted by Crippen LogP contribution is -2.30. The number of hydrogen-bond acceptors (Lipinski definition) is 5. The van der Waals surface area contributed by atoms with Crippen LogP contribution in [0.3, 0.4) is 0 Å². The predicted molar refractivity (Wildman–Crippen MR) is 107 cm³/mol. The first-order valence-corrected chi connectivity index (χ1v) is 9.13. The Morgan fingerprint density at radius 3 is 2.48 bits per heavy atom. The zero-order chi connectivity index (χ0) is 21.1. The molecule has 1 aromatic heterocycles. The Morgan fingerprint density at radius 2 is 1.86 bits per heavy atom. The number of carbonyl (C=O) groups excluding carboxylic acids is 2. The van der Waals surface area contributed by atoms with Crippen molar-refractivity contribution in [3.05, 3.63) is 65.1 Å². The number of rotatable bonds is 5. The number of carbonyl (C=O) groups is 2. The highest BCUT2D eigenvalue weighted by molar-refractivity contribution is 6.09. The monoisotopic (exact) mass is 396 g/mol. The summed E-state index contributed by atoms with van der Waals surface area (Å²) in [6.07, 6.45) is 2.04. The number of aromatic nitrogens is 1. The van der Waals surface area contributed by atoms with E-state index in [9.17, 15) is 19.1 Å². The minimum Gasteiger partial charge on any atom is -0.503 e. The summed E-state index contributed by atoms with van der Waals surface area (Å²) in [5.41, 5.74) is 2.04. The van der Waals surface area contributed by atoms with Gasteiger partial charge in [-0.1, -0.05) is 12.1 Å². The molecule has 7 heteroatoms. The van der Waals surface area contributed by atoms with Crippen LogP contribution < -0.4 is 10.1 Å². The third kappa shape index (κ3) is 4.68. The van der Waals surface area contributed by atoms with Gasteiger partial charge in [0.05, 0.1) is 5.56 Å². The van der Waals surface area contributed by atoms with Crippen molar-refractivity contribution in [1.82, 2.24) is 10.3 Å². The maximum Gasteiger partial charge on any atom is 0.308 e. The van der Waals surface area contributed by atoms with Gasteiger partial charge in [0.2, 0.25) is 0 Å². The van der Waals surface area contributed by atoms with E-state index in [1.54, 1.807) is 24.4 Å². The van der Waals surface area contributed by atoms with E-state index in [-0.39, 0.29) is 40.3 Å². The molecule has 0 unspecified atom stereocenters. The first-order chi connectivity index (χ1) is 13.7. The number of phenolic OH excluding ortho intramolecular Hbond substituents is 1. The summed E-state index contributed by atoms with van der Waals surface area (Å²) in [6.45, 7) is 4.86. The van der Waals surface area contributed by atoms with Crippen LogP contribution in [0.2, 0.25) is 0 Å². The number of nitrogens with one attached hydrogen (secondary N) is 1. The van der Waals surface area contributed by atoms with E-state index >= 15 is 0 Å². The largest absolute Gasteiger partial charge is 0.503 e. The van der Waals surface area contributed by atoms with Gasteiger partial charge in [0.15, 0.2) is 11.5 Å². The Hall–Kier alpha value is -3.48. The lowest BCUT2D eigenvalue weighted by atomic mass is 10.0. The third-order valence-electron chi connectivity index (χ3n) is 4.21. The van der Waals surface area contributed by atoms with Crippen molar-refractivity contribution >= 4 is 22.8 Å². The van der Waals surface area contributed by atoms with Crippen molar-refractivity contribution in [3.8, 4) is 11.5 Å². The number of halogens is 1. The molecule has 6 nitrogen and oxygen atoms in total. The van der Waals surface area contributed by atoms with Crippen LogP contribution in [-0.4, -0.2) is 28.0 Å². The van der Waals surface area contributed by atoms with Crippen LogP contribution in [0.1, 0.15) is 42.3 Å². The normalized spacial score (nSPS) is 10.9. The molecule has 0 aliphatic rings. The fourth-order valence-corrected chi connectivity index (χ4v) is 2.99. The molecule has 150 valence electrons. The molecule has 0 atom stereocenters. The fourth-order valence-electron chi connectivity index (χ4n) is 2.99. The lowest BCUT2D eigenvalue weighted by molar-refractivity contribution is -0.132. The van der Waals surface area contributed by atoms with E-state index in [2.05, 4.69) is 10.3 Å². The Bertz CT molecular complexity index is 1080. The van der Waals surface area contributed by atoms with Gasteiger partial charge in [-0.05, 0) is 55.7 Å². The third-order valence-corrected chi connectivity index (χ3v) is 4.21. The zero-order valence-corrected chi connectivity index (χ0v) is 16.3. The molecule has 0 radical (unpaired) electrons. The van der Waals surface area contributed by atoms with E-state index < -0.39 is 5.97 Å². The smallest absolute Gasteiger partial charge is 0.308 e. The number of amides is 1. The number of esters is 1. The molecule has 2 N–H and O–H groups in total. The van der Waals surface area contributed by atoms with Crippen molar-refractivity contribution in [2.45, 2.75) is 33.2 Å². The summed E-state index contributed by atoms with van der Waals surface area (Å²) >= 11 is 0. The van der Waals surface area contributed by atoms with Crippen LogP contribution in [0, 0.1) is 5.82 Å². The Balaban J connectivity index is 2.11. The van der Waals surface area contributed by atoms with E-state index in [0.717, 1.165) is 11.1 Å². The number of pyridine rings is 1. The first-order valence-electron chi connectivity index (χ1n) is 9.13. The zero-order valence-electron chi connectivity index (χ0n) is 16.3. The average Bonchev–Trinajstić information content (AvgIpc) is 2.65. The van der Waals surface area contributed by atoms with Crippen LogP contribution in [0.25, 0.3) is 10.9 Å². The summed E-state index contributed by atoms with van der Waals surface area (Å²) in [6, 6.07) is 9.07. The van der Waals surface area contributed by atoms with E-state index in [1.807, 2.05) is 13.8 Å². The number of benzene rings is 2. The van der Waals surface area contributed by atoms with Gasteiger partial charge < -0.3 is 15.2 Å². The molecule has 0 saturated carbocycles. The van der Waals surface area contributed by atoms with Crippen molar-refractivity contribution in [2.24, 2.45) is 0 Å². The molecule has 0 aliphatic heterocycles. The minimum atomic E-state index is -0.622. The van der Waals surface area contributed by atoms with Gasteiger partial charge in [0, 0.05) is 24.5 Å². The van der Waals surface area contributed by atoms with Gasteiger partial charge in [0.1, 0.15) is 11.3 Å². The minimum absolute atomic E-state index is 0.112. The Kier molecular flexibility index (Phi) is 5.77. The standard InChI is InChI=1S/C22H21FN2O4/c1-12(2)25-22(28)18-10-19(29-13(3)26)21(27)20-17(18)9-15(11-24-20)8-14-4-6-16(23)7-5-14/h4-7,9-12,27H,8H2,1-3H3,(H,25,28). The van der Waals surface area contributed by atoms with Crippen molar-refractivity contribution in [3.63, 3.8) is 0 Å².